The van der Waals surface area contributed by atoms with Crippen LogP contribution in [0.25, 0.3) is 0 Å². The molecule has 22 heavy (non-hydrogen) atoms. The zero-order valence-electron chi connectivity index (χ0n) is 16.3. The second kappa shape index (κ2) is 14.5. The molecule has 2 N–H and O–H groups in total. The van der Waals surface area contributed by atoms with E-state index in [2.05, 4.69) is 27.7 Å². The molecule has 134 valence electrons. The molecule has 0 fully saturated rings. The molecule has 0 aliphatic rings. The van der Waals surface area contributed by atoms with E-state index in [1.165, 1.54) is 83.5 Å². The molecule has 0 aliphatic carbocycles. The van der Waals surface area contributed by atoms with Gasteiger partial charge in [-0.25, -0.2) is 0 Å². The van der Waals surface area contributed by atoms with Crippen LogP contribution >= 0.6 is 0 Å². The van der Waals surface area contributed by atoms with Gasteiger partial charge in [-0.15, -0.1) is 0 Å². The minimum atomic E-state index is 0.0811. The van der Waals surface area contributed by atoms with Gasteiger partial charge in [0.2, 0.25) is 0 Å². The average Bonchev–Trinajstić information content (AvgIpc) is 2.54. The molecule has 0 aromatic carbocycles. The highest BCUT2D eigenvalue weighted by molar-refractivity contribution is 4.86. The molecule has 1 heteroatoms. The SMILES string of the molecule is CCCCCCCCCCCCCCC(C)C(N)(CC)CC. The van der Waals surface area contributed by atoms with Crippen molar-refractivity contribution in [3.05, 3.63) is 0 Å². The average molecular weight is 312 g/mol. The third kappa shape index (κ3) is 10.6. The second-order valence-corrected chi connectivity index (χ2v) is 7.52. The van der Waals surface area contributed by atoms with Crippen molar-refractivity contribution >= 4 is 0 Å². The minimum Gasteiger partial charge on any atom is -0.325 e. The number of nitrogens with two attached hydrogens (primary N) is 1. The van der Waals surface area contributed by atoms with Crippen molar-refractivity contribution in [2.45, 2.75) is 130 Å². The summed E-state index contributed by atoms with van der Waals surface area (Å²) in [7, 11) is 0. The maximum atomic E-state index is 6.48. The third-order valence-corrected chi connectivity index (χ3v) is 5.79. The number of rotatable bonds is 16. The molecule has 0 saturated heterocycles. The first-order valence-corrected chi connectivity index (χ1v) is 10.4. The molecule has 0 spiro atoms. The lowest BCUT2D eigenvalue weighted by molar-refractivity contribution is 0.250. The minimum absolute atomic E-state index is 0.0811. The molecule has 0 aliphatic heterocycles. The van der Waals surface area contributed by atoms with Crippen LogP contribution in [0.2, 0.25) is 0 Å². The van der Waals surface area contributed by atoms with E-state index in [1.54, 1.807) is 0 Å². The van der Waals surface area contributed by atoms with Gasteiger partial charge in [-0.1, -0.05) is 105 Å². The molecule has 1 nitrogen and oxygen atoms in total. The van der Waals surface area contributed by atoms with Crippen LogP contribution in [0, 0.1) is 5.92 Å². The second-order valence-electron chi connectivity index (χ2n) is 7.52. The van der Waals surface area contributed by atoms with Crippen molar-refractivity contribution in [3.8, 4) is 0 Å². The fourth-order valence-electron chi connectivity index (χ4n) is 3.53. The van der Waals surface area contributed by atoms with Crippen molar-refractivity contribution in [2.75, 3.05) is 0 Å². The molecule has 0 bridgehead atoms. The van der Waals surface area contributed by atoms with Gasteiger partial charge in [0, 0.05) is 5.54 Å². The van der Waals surface area contributed by atoms with Gasteiger partial charge >= 0.3 is 0 Å². The van der Waals surface area contributed by atoms with E-state index < -0.39 is 0 Å². The Hall–Kier alpha value is -0.0400. The van der Waals surface area contributed by atoms with Gasteiger partial charge in [0.05, 0.1) is 0 Å². The van der Waals surface area contributed by atoms with E-state index in [9.17, 15) is 0 Å². The summed E-state index contributed by atoms with van der Waals surface area (Å²) < 4.78 is 0. The largest absolute Gasteiger partial charge is 0.325 e. The van der Waals surface area contributed by atoms with Crippen molar-refractivity contribution in [2.24, 2.45) is 11.7 Å². The molecular formula is C21H45N. The predicted molar refractivity (Wildman–Crippen MR) is 102 cm³/mol. The van der Waals surface area contributed by atoms with Crippen molar-refractivity contribution in [1.82, 2.24) is 0 Å². The zero-order chi connectivity index (χ0) is 16.7. The molecule has 0 amide bonds. The fourth-order valence-corrected chi connectivity index (χ4v) is 3.53. The first-order chi connectivity index (χ1) is 10.6. The number of hydrogen-bond donors (Lipinski definition) is 1. The summed E-state index contributed by atoms with van der Waals surface area (Å²) in [6.45, 7) is 9.12. The van der Waals surface area contributed by atoms with Crippen LogP contribution in [0.4, 0.5) is 0 Å². The quantitative estimate of drug-likeness (QED) is 0.299. The Labute approximate surface area is 141 Å². The van der Waals surface area contributed by atoms with E-state index in [1.807, 2.05) is 0 Å². The van der Waals surface area contributed by atoms with Gasteiger partial charge in [0.1, 0.15) is 0 Å². The Balaban J connectivity index is 3.33. The van der Waals surface area contributed by atoms with Crippen LogP contribution in [-0.4, -0.2) is 5.54 Å². The summed E-state index contributed by atoms with van der Waals surface area (Å²) in [5.74, 6) is 0.672. The van der Waals surface area contributed by atoms with Crippen LogP contribution in [0.5, 0.6) is 0 Å². The lowest BCUT2D eigenvalue weighted by Gasteiger charge is -2.33. The summed E-state index contributed by atoms with van der Waals surface area (Å²) in [6.07, 6.45) is 20.7. The van der Waals surface area contributed by atoms with Crippen molar-refractivity contribution in [1.29, 1.82) is 0 Å². The summed E-state index contributed by atoms with van der Waals surface area (Å²) in [5.41, 5.74) is 6.56. The van der Waals surface area contributed by atoms with E-state index in [4.69, 9.17) is 5.73 Å². The van der Waals surface area contributed by atoms with Gasteiger partial charge in [-0.3, -0.25) is 0 Å². The Morgan fingerprint density at radius 2 is 1.00 bits per heavy atom. The summed E-state index contributed by atoms with van der Waals surface area (Å²) >= 11 is 0. The Bertz CT molecular complexity index is 220. The van der Waals surface area contributed by atoms with Gasteiger partial charge < -0.3 is 5.73 Å². The standard InChI is InChI=1S/C21H45N/c1-5-8-9-10-11-12-13-14-15-16-17-18-19-20(4)21(22,6-2)7-3/h20H,5-19,22H2,1-4H3. The molecule has 1 atom stereocenters. The van der Waals surface area contributed by atoms with Crippen LogP contribution in [-0.2, 0) is 0 Å². The van der Waals surface area contributed by atoms with Crippen LogP contribution in [0.3, 0.4) is 0 Å². The Kier molecular flexibility index (Phi) is 14.5. The monoisotopic (exact) mass is 311 g/mol. The summed E-state index contributed by atoms with van der Waals surface area (Å²) in [6, 6.07) is 0. The fraction of sp³-hybridized carbons (Fsp3) is 1.00. The van der Waals surface area contributed by atoms with E-state index in [0.717, 1.165) is 12.8 Å². The molecule has 1 unspecified atom stereocenters. The first-order valence-electron chi connectivity index (χ1n) is 10.4. The highest BCUT2D eigenvalue weighted by Crippen LogP contribution is 2.27. The number of unbranched alkanes of at least 4 members (excludes halogenated alkanes) is 11. The molecule has 0 heterocycles. The summed E-state index contributed by atoms with van der Waals surface area (Å²) in [5, 5.41) is 0. The van der Waals surface area contributed by atoms with Gasteiger partial charge in [0.25, 0.3) is 0 Å². The molecule has 0 saturated carbocycles. The lowest BCUT2D eigenvalue weighted by Crippen LogP contribution is -2.44. The normalized spacial score (nSPS) is 13.5. The highest BCUT2D eigenvalue weighted by Gasteiger charge is 2.27. The predicted octanol–water partition coefficient (Wildman–Crippen LogP) is 7.23. The van der Waals surface area contributed by atoms with Gasteiger partial charge in [-0.2, -0.15) is 0 Å². The van der Waals surface area contributed by atoms with Gasteiger partial charge in [0.15, 0.2) is 0 Å². The van der Waals surface area contributed by atoms with Gasteiger partial charge in [-0.05, 0) is 25.2 Å². The molecule has 0 aromatic rings. The Morgan fingerprint density at radius 3 is 1.36 bits per heavy atom. The third-order valence-electron chi connectivity index (χ3n) is 5.79. The van der Waals surface area contributed by atoms with E-state index in [-0.39, 0.29) is 5.54 Å². The molecular weight excluding hydrogens is 266 g/mol. The number of hydrogen-bond acceptors (Lipinski definition) is 1. The highest BCUT2D eigenvalue weighted by atomic mass is 14.7. The van der Waals surface area contributed by atoms with Crippen LogP contribution < -0.4 is 5.73 Å². The summed E-state index contributed by atoms with van der Waals surface area (Å²) in [4.78, 5) is 0. The maximum Gasteiger partial charge on any atom is 0.0174 e. The lowest BCUT2D eigenvalue weighted by atomic mass is 9.78. The molecule has 0 radical (unpaired) electrons. The topological polar surface area (TPSA) is 26.0 Å². The van der Waals surface area contributed by atoms with Crippen molar-refractivity contribution in [3.63, 3.8) is 0 Å². The first kappa shape index (κ1) is 22.0. The molecule has 0 aromatic heterocycles. The van der Waals surface area contributed by atoms with E-state index >= 15 is 0 Å². The van der Waals surface area contributed by atoms with Crippen molar-refractivity contribution < 1.29 is 0 Å². The van der Waals surface area contributed by atoms with Crippen LogP contribution in [0.15, 0.2) is 0 Å². The maximum absolute atomic E-state index is 6.48. The van der Waals surface area contributed by atoms with E-state index in [0.29, 0.717) is 5.92 Å². The van der Waals surface area contributed by atoms with Crippen LogP contribution in [0.1, 0.15) is 124 Å². The Morgan fingerprint density at radius 1 is 0.636 bits per heavy atom. The zero-order valence-corrected chi connectivity index (χ0v) is 16.3. The molecule has 0 rings (SSSR count). The smallest absolute Gasteiger partial charge is 0.0174 e.